The first-order valence-corrected chi connectivity index (χ1v) is 5.80. The van der Waals surface area contributed by atoms with Gasteiger partial charge >= 0.3 is 5.97 Å². The van der Waals surface area contributed by atoms with Crippen LogP contribution in [0.15, 0.2) is 30.3 Å². The first-order chi connectivity index (χ1) is 9.13. The summed E-state index contributed by atoms with van der Waals surface area (Å²) in [6.07, 6.45) is 0. The monoisotopic (exact) mass is 261 g/mol. The molecular weight excluding hydrogens is 246 g/mol. The molecule has 5 heteroatoms. The van der Waals surface area contributed by atoms with Crippen LogP contribution in [-0.4, -0.2) is 31.4 Å². The average Bonchev–Trinajstić information content (AvgIpc) is 2.40. The van der Waals surface area contributed by atoms with E-state index in [2.05, 4.69) is 0 Å². The van der Waals surface area contributed by atoms with E-state index in [1.807, 2.05) is 0 Å². The number of phenols is 1. The predicted molar refractivity (Wildman–Crippen MR) is 72.2 cm³/mol. The molecule has 0 aliphatic carbocycles. The van der Waals surface area contributed by atoms with Gasteiger partial charge in [0.1, 0.15) is 12.4 Å². The molecule has 0 heterocycles. The highest BCUT2D eigenvalue weighted by Crippen LogP contribution is 2.28. The number of carbonyl (C=O) groups is 1. The number of fused-ring (bicyclic) bond motifs is 1. The van der Waals surface area contributed by atoms with Crippen molar-refractivity contribution in [2.75, 3.05) is 26.1 Å². The van der Waals surface area contributed by atoms with E-state index >= 15 is 0 Å². The second-order valence-electron chi connectivity index (χ2n) is 4.06. The van der Waals surface area contributed by atoms with Gasteiger partial charge in [0.05, 0.1) is 17.9 Å². The Kier molecular flexibility index (Phi) is 3.87. The molecule has 0 saturated heterocycles. The molecule has 0 radical (unpaired) electrons. The zero-order valence-electron chi connectivity index (χ0n) is 10.6. The van der Waals surface area contributed by atoms with Gasteiger partial charge in [-0.1, -0.05) is 12.1 Å². The first-order valence-electron chi connectivity index (χ1n) is 5.80. The SMILES string of the molecule is COCCOC(=O)c1ccc2ccc(O)cc2c1N. The lowest BCUT2D eigenvalue weighted by molar-refractivity contribution is 0.0389. The fourth-order valence-electron chi connectivity index (χ4n) is 1.80. The van der Waals surface area contributed by atoms with Crippen molar-refractivity contribution in [1.82, 2.24) is 0 Å². The van der Waals surface area contributed by atoms with Gasteiger partial charge < -0.3 is 20.3 Å². The zero-order chi connectivity index (χ0) is 13.8. The molecule has 3 N–H and O–H groups in total. The summed E-state index contributed by atoms with van der Waals surface area (Å²) in [6.45, 7) is 0.507. The van der Waals surface area contributed by atoms with Gasteiger partial charge in [0, 0.05) is 12.5 Å². The van der Waals surface area contributed by atoms with Crippen molar-refractivity contribution in [3.8, 4) is 5.75 Å². The summed E-state index contributed by atoms with van der Waals surface area (Å²) in [7, 11) is 1.53. The minimum absolute atomic E-state index is 0.101. The topological polar surface area (TPSA) is 81.8 Å². The van der Waals surface area contributed by atoms with Gasteiger partial charge in [0.2, 0.25) is 0 Å². The maximum absolute atomic E-state index is 11.8. The van der Waals surface area contributed by atoms with Gasteiger partial charge in [0.15, 0.2) is 0 Å². The Balaban J connectivity index is 2.34. The van der Waals surface area contributed by atoms with E-state index in [0.717, 1.165) is 5.39 Å². The van der Waals surface area contributed by atoms with Crippen LogP contribution in [0, 0.1) is 0 Å². The normalized spacial score (nSPS) is 10.6. The number of aromatic hydroxyl groups is 1. The van der Waals surface area contributed by atoms with Crippen LogP contribution in [-0.2, 0) is 9.47 Å². The van der Waals surface area contributed by atoms with Gasteiger partial charge in [-0.3, -0.25) is 0 Å². The third-order valence-corrected chi connectivity index (χ3v) is 2.79. The van der Waals surface area contributed by atoms with Gasteiger partial charge in [-0.25, -0.2) is 4.79 Å². The van der Waals surface area contributed by atoms with Crippen molar-refractivity contribution in [2.24, 2.45) is 0 Å². The van der Waals surface area contributed by atoms with Gasteiger partial charge in [-0.2, -0.15) is 0 Å². The number of phenolic OH excluding ortho intramolecular Hbond substituents is 1. The molecule has 0 aliphatic heterocycles. The van der Waals surface area contributed by atoms with Crippen LogP contribution in [0.5, 0.6) is 5.75 Å². The standard InChI is InChI=1S/C14H15NO4/c1-18-6-7-19-14(17)11-5-3-9-2-4-10(16)8-12(9)13(11)15/h2-5,8,16H,6-7,15H2,1H3. The van der Waals surface area contributed by atoms with Crippen LogP contribution in [0.3, 0.4) is 0 Å². The lowest BCUT2D eigenvalue weighted by Crippen LogP contribution is -2.12. The van der Waals surface area contributed by atoms with Crippen molar-refractivity contribution in [2.45, 2.75) is 0 Å². The lowest BCUT2D eigenvalue weighted by Gasteiger charge is -2.09. The van der Waals surface area contributed by atoms with Crippen molar-refractivity contribution in [3.63, 3.8) is 0 Å². The highest BCUT2D eigenvalue weighted by atomic mass is 16.6. The number of benzene rings is 2. The summed E-state index contributed by atoms with van der Waals surface area (Å²) in [6, 6.07) is 8.21. The van der Waals surface area contributed by atoms with Crippen molar-refractivity contribution in [1.29, 1.82) is 0 Å². The highest BCUT2D eigenvalue weighted by Gasteiger charge is 2.13. The molecule has 100 valence electrons. The Bertz CT molecular complexity index is 610. The molecule has 2 rings (SSSR count). The Morgan fingerprint density at radius 1 is 1.26 bits per heavy atom. The molecule has 2 aromatic rings. The molecule has 0 bridgehead atoms. The number of ether oxygens (including phenoxy) is 2. The zero-order valence-corrected chi connectivity index (χ0v) is 10.6. The summed E-state index contributed by atoms with van der Waals surface area (Å²) in [4.78, 5) is 11.8. The third-order valence-electron chi connectivity index (χ3n) is 2.79. The number of hydrogen-bond donors (Lipinski definition) is 2. The third kappa shape index (κ3) is 2.77. The fourth-order valence-corrected chi connectivity index (χ4v) is 1.80. The van der Waals surface area contributed by atoms with E-state index in [0.29, 0.717) is 17.7 Å². The van der Waals surface area contributed by atoms with E-state index in [1.165, 1.54) is 13.2 Å². The number of carbonyl (C=O) groups excluding carboxylic acids is 1. The predicted octanol–water partition coefficient (Wildman–Crippen LogP) is 1.93. The van der Waals surface area contributed by atoms with Gasteiger partial charge in [-0.05, 0) is 23.6 Å². The number of nitrogen functional groups attached to an aromatic ring is 1. The molecule has 0 saturated carbocycles. The number of esters is 1. The van der Waals surface area contributed by atoms with E-state index in [4.69, 9.17) is 15.2 Å². The highest BCUT2D eigenvalue weighted by molar-refractivity contribution is 6.05. The molecule has 0 atom stereocenters. The van der Waals surface area contributed by atoms with E-state index in [1.54, 1.807) is 24.3 Å². The maximum Gasteiger partial charge on any atom is 0.340 e. The quantitative estimate of drug-likeness (QED) is 0.499. The van der Waals surface area contributed by atoms with Crippen molar-refractivity contribution in [3.05, 3.63) is 35.9 Å². The summed E-state index contributed by atoms with van der Waals surface area (Å²) in [5.74, 6) is -0.399. The van der Waals surface area contributed by atoms with Crippen LogP contribution in [0.2, 0.25) is 0 Å². The van der Waals surface area contributed by atoms with Crippen LogP contribution >= 0.6 is 0 Å². The van der Waals surface area contributed by atoms with E-state index in [9.17, 15) is 9.90 Å². The molecule has 5 nitrogen and oxygen atoms in total. The first kappa shape index (κ1) is 13.2. The van der Waals surface area contributed by atoms with Gasteiger partial charge in [0.25, 0.3) is 0 Å². The number of nitrogens with two attached hydrogens (primary N) is 1. The molecular formula is C14H15NO4. The minimum atomic E-state index is -0.500. The largest absolute Gasteiger partial charge is 0.508 e. The molecule has 0 fully saturated rings. The van der Waals surface area contributed by atoms with Crippen molar-refractivity contribution >= 4 is 22.4 Å². The number of methoxy groups -OCH3 is 1. The Morgan fingerprint density at radius 2 is 2.00 bits per heavy atom. The number of rotatable bonds is 4. The van der Waals surface area contributed by atoms with E-state index < -0.39 is 5.97 Å². The summed E-state index contributed by atoms with van der Waals surface area (Å²) < 4.78 is 9.82. The molecule has 0 spiro atoms. The Labute approximate surface area is 110 Å². The number of hydrogen-bond acceptors (Lipinski definition) is 5. The molecule has 0 aromatic heterocycles. The molecule has 0 aliphatic rings. The average molecular weight is 261 g/mol. The smallest absolute Gasteiger partial charge is 0.340 e. The van der Waals surface area contributed by atoms with Gasteiger partial charge in [-0.15, -0.1) is 0 Å². The maximum atomic E-state index is 11.8. The van der Waals surface area contributed by atoms with Crippen molar-refractivity contribution < 1.29 is 19.4 Å². The molecule has 0 amide bonds. The Hall–Kier alpha value is -2.27. The van der Waals surface area contributed by atoms with Crippen LogP contribution in [0.25, 0.3) is 10.8 Å². The Morgan fingerprint density at radius 3 is 2.74 bits per heavy atom. The molecule has 0 unspecified atom stereocenters. The number of anilines is 1. The second kappa shape index (κ2) is 5.58. The van der Waals surface area contributed by atoms with Crippen LogP contribution in [0.4, 0.5) is 5.69 Å². The minimum Gasteiger partial charge on any atom is -0.508 e. The molecule has 2 aromatic carbocycles. The second-order valence-corrected chi connectivity index (χ2v) is 4.06. The lowest BCUT2D eigenvalue weighted by atomic mass is 10.0. The summed E-state index contributed by atoms with van der Waals surface area (Å²) >= 11 is 0. The van der Waals surface area contributed by atoms with Crippen LogP contribution < -0.4 is 5.73 Å². The summed E-state index contributed by atoms with van der Waals surface area (Å²) in [5, 5.41) is 10.9. The molecule has 19 heavy (non-hydrogen) atoms. The van der Waals surface area contributed by atoms with Crippen LogP contribution in [0.1, 0.15) is 10.4 Å². The fraction of sp³-hybridized carbons (Fsp3) is 0.214. The summed E-state index contributed by atoms with van der Waals surface area (Å²) in [5.41, 5.74) is 6.54. The van der Waals surface area contributed by atoms with E-state index in [-0.39, 0.29) is 17.9 Å².